The van der Waals surface area contributed by atoms with Crippen LogP contribution in [0.1, 0.15) is 41.9 Å². The zero-order chi connectivity index (χ0) is 11.0. The van der Waals surface area contributed by atoms with Crippen LogP contribution in [0.4, 0.5) is 0 Å². The molecule has 0 heterocycles. The van der Waals surface area contributed by atoms with Crippen LogP contribution in [0.3, 0.4) is 0 Å². The monoisotopic (exact) mass is 251 g/mol. The average Bonchev–Trinajstić information content (AvgIpc) is 2.33. The fourth-order valence-corrected chi connectivity index (χ4v) is 3.76. The number of nitrogens with one attached hydrogen (secondary N) is 1. The normalized spacial score (nSPS) is 25.9. The van der Waals surface area contributed by atoms with Gasteiger partial charge in [-0.05, 0) is 74.2 Å². The molecule has 1 aromatic carbocycles. The molecule has 0 aromatic heterocycles. The highest BCUT2D eigenvalue weighted by Crippen LogP contribution is 2.44. The molecule has 0 fully saturated rings. The lowest BCUT2D eigenvalue weighted by Crippen LogP contribution is -2.31. The highest BCUT2D eigenvalue weighted by Gasteiger charge is 2.32. The highest BCUT2D eigenvalue weighted by atomic mass is 35.5. The molecule has 1 nitrogen and oxygen atoms in total. The van der Waals surface area contributed by atoms with Gasteiger partial charge in [0.25, 0.3) is 0 Å². The molecule has 2 unspecified atom stereocenters. The minimum atomic E-state index is 0. The van der Waals surface area contributed by atoms with Crippen molar-refractivity contribution in [1.82, 2.24) is 5.32 Å². The van der Waals surface area contributed by atoms with Gasteiger partial charge in [-0.3, -0.25) is 0 Å². The van der Waals surface area contributed by atoms with E-state index in [1.165, 1.54) is 38.6 Å². The maximum atomic E-state index is 3.38. The van der Waals surface area contributed by atoms with Gasteiger partial charge in [-0.2, -0.15) is 0 Å². The quantitative estimate of drug-likeness (QED) is 0.851. The average molecular weight is 252 g/mol. The van der Waals surface area contributed by atoms with Gasteiger partial charge in [-0.1, -0.05) is 18.2 Å². The third-order valence-corrected chi connectivity index (χ3v) is 4.44. The maximum Gasteiger partial charge on any atom is -0.00176 e. The third kappa shape index (κ3) is 2.23. The molecule has 2 heteroatoms. The summed E-state index contributed by atoms with van der Waals surface area (Å²) in [5.41, 5.74) is 5.03. The van der Waals surface area contributed by atoms with Gasteiger partial charge in [-0.15, -0.1) is 12.4 Å². The zero-order valence-corrected chi connectivity index (χ0v) is 11.4. The minimum absolute atomic E-state index is 0. The number of hydrogen-bond donors (Lipinski definition) is 1. The molecule has 2 aliphatic rings. The molecule has 0 amide bonds. The van der Waals surface area contributed by atoms with E-state index in [2.05, 4.69) is 30.6 Å². The first-order chi connectivity index (χ1) is 7.90. The van der Waals surface area contributed by atoms with Gasteiger partial charge in [0.2, 0.25) is 0 Å². The summed E-state index contributed by atoms with van der Waals surface area (Å²) in [4.78, 5) is 0. The van der Waals surface area contributed by atoms with E-state index in [0.717, 1.165) is 11.8 Å². The van der Waals surface area contributed by atoms with Crippen molar-refractivity contribution in [2.75, 3.05) is 13.6 Å². The lowest BCUT2D eigenvalue weighted by Gasteiger charge is -2.38. The second kappa shape index (κ2) is 5.41. The summed E-state index contributed by atoms with van der Waals surface area (Å²) in [5, 5.41) is 3.38. The van der Waals surface area contributed by atoms with Crippen molar-refractivity contribution in [3.8, 4) is 0 Å². The molecule has 1 N–H and O–H groups in total. The molecule has 0 radical (unpaired) electrons. The summed E-state index contributed by atoms with van der Waals surface area (Å²) >= 11 is 0. The van der Waals surface area contributed by atoms with Crippen molar-refractivity contribution in [2.24, 2.45) is 5.92 Å². The Labute approximate surface area is 110 Å². The Morgan fingerprint density at radius 1 is 1.18 bits per heavy atom. The van der Waals surface area contributed by atoms with Gasteiger partial charge in [-0.25, -0.2) is 0 Å². The second-order valence-electron chi connectivity index (χ2n) is 5.35. The van der Waals surface area contributed by atoms with Gasteiger partial charge in [0.15, 0.2) is 0 Å². The Hall–Kier alpha value is -0.530. The second-order valence-corrected chi connectivity index (χ2v) is 5.35. The molecule has 0 spiro atoms. The molecule has 3 rings (SSSR count). The first-order valence-corrected chi connectivity index (χ1v) is 6.65. The summed E-state index contributed by atoms with van der Waals surface area (Å²) in [6.07, 6.45) is 6.79. The number of halogens is 1. The lowest BCUT2D eigenvalue weighted by atomic mass is 9.68. The summed E-state index contributed by atoms with van der Waals surface area (Å²) in [6, 6.07) is 6.97. The van der Waals surface area contributed by atoms with Crippen molar-refractivity contribution < 1.29 is 0 Å². The summed E-state index contributed by atoms with van der Waals surface area (Å²) in [7, 11) is 2.09. The van der Waals surface area contributed by atoms with Crippen LogP contribution < -0.4 is 5.32 Å². The van der Waals surface area contributed by atoms with E-state index in [9.17, 15) is 0 Å². The zero-order valence-electron chi connectivity index (χ0n) is 10.5. The SMILES string of the molecule is CNCC1CCc2cccc3c2C1CCC3.Cl. The highest BCUT2D eigenvalue weighted by molar-refractivity contribution is 5.85. The van der Waals surface area contributed by atoms with Gasteiger partial charge in [0.1, 0.15) is 0 Å². The van der Waals surface area contributed by atoms with E-state index in [0.29, 0.717) is 0 Å². The number of hydrogen-bond acceptors (Lipinski definition) is 1. The Morgan fingerprint density at radius 3 is 2.71 bits per heavy atom. The van der Waals surface area contributed by atoms with Crippen molar-refractivity contribution in [1.29, 1.82) is 0 Å². The maximum absolute atomic E-state index is 3.38. The van der Waals surface area contributed by atoms with E-state index in [1.807, 2.05) is 0 Å². The molecule has 2 atom stereocenters. The Morgan fingerprint density at radius 2 is 1.94 bits per heavy atom. The van der Waals surface area contributed by atoms with E-state index in [-0.39, 0.29) is 12.4 Å². The van der Waals surface area contributed by atoms with Crippen LogP contribution >= 0.6 is 12.4 Å². The molecule has 0 saturated heterocycles. The molecule has 0 saturated carbocycles. The van der Waals surface area contributed by atoms with E-state index in [4.69, 9.17) is 0 Å². The van der Waals surface area contributed by atoms with Gasteiger partial charge >= 0.3 is 0 Å². The van der Waals surface area contributed by atoms with E-state index >= 15 is 0 Å². The molecule has 94 valence electrons. The number of aryl methyl sites for hydroxylation is 2. The summed E-state index contributed by atoms with van der Waals surface area (Å²) in [6.45, 7) is 1.19. The van der Waals surface area contributed by atoms with Crippen LogP contribution in [0.5, 0.6) is 0 Å². The smallest absolute Gasteiger partial charge is 0.00176 e. The number of rotatable bonds is 2. The Balaban J connectivity index is 0.00000108. The standard InChI is InChI=1S/C15H21N.ClH/c1-16-10-13-9-8-12-5-2-4-11-6-3-7-14(13)15(11)12;/h2,4-5,13-14,16H,3,6-10H2,1H3;1H. The fourth-order valence-electron chi connectivity index (χ4n) is 3.76. The van der Waals surface area contributed by atoms with E-state index < -0.39 is 0 Å². The Kier molecular flexibility index (Phi) is 4.11. The molecule has 0 aliphatic heterocycles. The van der Waals surface area contributed by atoms with Gasteiger partial charge in [0, 0.05) is 0 Å². The largest absolute Gasteiger partial charge is 0.319 e. The predicted molar refractivity (Wildman–Crippen MR) is 75.1 cm³/mol. The summed E-state index contributed by atoms with van der Waals surface area (Å²) in [5.74, 6) is 1.72. The first-order valence-electron chi connectivity index (χ1n) is 6.65. The fraction of sp³-hybridized carbons (Fsp3) is 0.600. The van der Waals surface area contributed by atoms with Gasteiger partial charge in [0.05, 0.1) is 0 Å². The molecule has 1 aromatic rings. The molecular formula is C15H22ClN. The van der Waals surface area contributed by atoms with Crippen molar-refractivity contribution in [3.63, 3.8) is 0 Å². The van der Waals surface area contributed by atoms with Crippen LogP contribution in [-0.2, 0) is 12.8 Å². The topological polar surface area (TPSA) is 12.0 Å². The summed E-state index contributed by atoms with van der Waals surface area (Å²) < 4.78 is 0. The molecule has 2 aliphatic carbocycles. The van der Waals surface area contributed by atoms with Crippen molar-refractivity contribution >= 4 is 12.4 Å². The number of benzene rings is 1. The van der Waals surface area contributed by atoms with Gasteiger partial charge < -0.3 is 5.32 Å². The van der Waals surface area contributed by atoms with Crippen molar-refractivity contribution in [2.45, 2.75) is 38.0 Å². The predicted octanol–water partition coefficient (Wildman–Crippen LogP) is 3.31. The molecular weight excluding hydrogens is 230 g/mol. The first kappa shape index (κ1) is 12.9. The minimum Gasteiger partial charge on any atom is -0.319 e. The Bertz CT molecular complexity index is 374. The van der Waals surface area contributed by atoms with Crippen LogP contribution in [0.2, 0.25) is 0 Å². The third-order valence-electron chi connectivity index (χ3n) is 4.44. The lowest BCUT2D eigenvalue weighted by molar-refractivity contribution is 0.328. The molecule has 17 heavy (non-hydrogen) atoms. The van der Waals surface area contributed by atoms with E-state index in [1.54, 1.807) is 16.7 Å². The van der Waals surface area contributed by atoms with Crippen molar-refractivity contribution in [3.05, 3.63) is 34.9 Å². The van der Waals surface area contributed by atoms with Crippen LogP contribution in [0, 0.1) is 5.92 Å². The van der Waals surface area contributed by atoms with Crippen LogP contribution in [0.15, 0.2) is 18.2 Å². The van der Waals surface area contributed by atoms with Crippen LogP contribution in [0.25, 0.3) is 0 Å². The van der Waals surface area contributed by atoms with Crippen LogP contribution in [-0.4, -0.2) is 13.6 Å². The molecule has 0 bridgehead atoms.